The molecule has 0 atom stereocenters. The summed E-state index contributed by atoms with van der Waals surface area (Å²) in [5.74, 6) is 1.00. The molecule has 9 aromatic carbocycles. The van der Waals surface area contributed by atoms with Crippen molar-refractivity contribution in [2.24, 2.45) is 0 Å². The molecule has 0 saturated carbocycles. The van der Waals surface area contributed by atoms with Crippen LogP contribution in [0.15, 0.2) is 152 Å². The smallest absolute Gasteiger partial charge is 0.134 e. The molecule has 0 unspecified atom stereocenters. The molecule has 52 heavy (non-hydrogen) atoms. The first-order valence-electron chi connectivity index (χ1n) is 18.6. The second-order valence-corrected chi connectivity index (χ2v) is 15.0. The molecule has 1 nitrogen and oxygen atoms in total. The van der Waals surface area contributed by atoms with E-state index in [0.717, 1.165) is 18.8 Å². The Balaban J connectivity index is 1.29. The van der Waals surface area contributed by atoms with Gasteiger partial charge < -0.3 is 4.74 Å². The summed E-state index contributed by atoms with van der Waals surface area (Å²) in [7, 11) is 0. The average molecular weight is 687 g/mol. The summed E-state index contributed by atoms with van der Waals surface area (Å²) in [6.45, 7) is 2.99. The molecule has 0 fully saturated rings. The highest BCUT2D eigenvalue weighted by Gasteiger charge is 2.23. The van der Waals surface area contributed by atoms with Crippen LogP contribution >= 0.6 is 11.3 Å². The van der Waals surface area contributed by atoms with Crippen LogP contribution in [0.2, 0.25) is 0 Å². The van der Waals surface area contributed by atoms with E-state index in [1.807, 2.05) is 11.3 Å². The zero-order valence-corrected chi connectivity index (χ0v) is 30.1. The van der Waals surface area contributed by atoms with Crippen LogP contribution in [0, 0.1) is 0 Å². The molecule has 10 rings (SSSR count). The lowest BCUT2D eigenvalue weighted by Gasteiger charge is -2.22. The van der Waals surface area contributed by atoms with Crippen molar-refractivity contribution in [2.75, 3.05) is 6.61 Å². The lowest BCUT2D eigenvalue weighted by Crippen LogP contribution is -2.00. The quantitative estimate of drug-likeness (QED) is 0.114. The number of benzene rings is 9. The van der Waals surface area contributed by atoms with Gasteiger partial charge in [0, 0.05) is 36.5 Å². The zero-order valence-electron chi connectivity index (χ0n) is 29.3. The van der Waals surface area contributed by atoms with Crippen LogP contribution in [0.4, 0.5) is 0 Å². The molecule has 10 aromatic rings. The van der Waals surface area contributed by atoms with Crippen molar-refractivity contribution in [3.05, 3.63) is 152 Å². The number of hydrogen-bond donors (Lipinski definition) is 0. The highest BCUT2D eigenvalue weighted by Crippen LogP contribution is 2.52. The van der Waals surface area contributed by atoms with Crippen molar-refractivity contribution >= 4 is 85.4 Å². The molecule has 250 valence electrons. The molecule has 0 radical (unpaired) electrons. The number of hydrogen-bond acceptors (Lipinski definition) is 2. The van der Waals surface area contributed by atoms with Gasteiger partial charge in [-0.2, -0.15) is 0 Å². The van der Waals surface area contributed by atoms with E-state index in [9.17, 15) is 0 Å². The van der Waals surface area contributed by atoms with Crippen molar-refractivity contribution in [2.45, 2.75) is 32.6 Å². The largest absolute Gasteiger partial charge is 0.492 e. The van der Waals surface area contributed by atoms with Crippen molar-refractivity contribution in [1.82, 2.24) is 0 Å². The van der Waals surface area contributed by atoms with Crippen molar-refractivity contribution < 1.29 is 4.74 Å². The van der Waals surface area contributed by atoms with Gasteiger partial charge in [-0.1, -0.05) is 172 Å². The topological polar surface area (TPSA) is 9.23 Å². The fourth-order valence-electron chi connectivity index (χ4n) is 8.67. The van der Waals surface area contributed by atoms with Crippen LogP contribution in [0.25, 0.3) is 96.3 Å². The molecule has 0 saturated heterocycles. The van der Waals surface area contributed by atoms with Gasteiger partial charge in [-0.15, -0.1) is 11.3 Å². The third kappa shape index (κ3) is 4.82. The van der Waals surface area contributed by atoms with Crippen molar-refractivity contribution in [3.63, 3.8) is 0 Å². The number of rotatable bonds is 8. The minimum absolute atomic E-state index is 0.729. The SMILES string of the molecule is CCCCCCOc1c2ccccc2c(-c2c3ccccc3c(-c3cccc4c3sc3ccc5ccccc5c34)c3ccccc23)c2ccccc12. The molecule has 1 heterocycles. The molecule has 0 bridgehead atoms. The third-order valence-corrected chi connectivity index (χ3v) is 12.2. The Morgan fingerprint density at radius 2 is 0.923 bits per heavy atom. The van der Waals surface area contributed by atoms with E-state index < -0.39 is 0 Å². The summed E-state index contributed by atoms with van der Waals surface area (Å²) in [6.07, 6.45) is 4.73. The minimum atomic E-state index is 0.729. The van der Waals surface area contributed by atoms with E-state index in [1.54, 1.807) is 0 Å². The number of thiophene rings is 1. The second kappa shape index (κ2) is 12.8. The summed E-state index contributed by atoms with van der Waals surface area (Å²) in [5, 5.41) is 15.2. The summed E-state index contributed by atoms with van der Waals surface area (Å²) >= 11 is 1.92. The standard InChI is InChI=1S/C50H38OS/c1-2-3-4-15-31-51-49-40-25-13-11-23-38(40)48(39-24-12-14-26-41(39)49)47-36-21-9-7-19-34(36)45(35-20-8-10-22-37(35)47)42-27-16-28-43-46-33-18-6-5-17-32(33)29-30-44(46)52-50(42)43/h5-14,16-30H,2-4,15,31H2,1H3. The van der Waals surface area contributed by atoms with Gasteiger partial charge in [0.05, 0.1) is 6.61 Å². The van der Waals surface area contributed by atoms with Gasteiger partial charge in [0.25, 0.3) is 0 Å². The zero-order chi connectivity index (χ0) is 34.6. The Bertz CT molecular complexity index is 2870. The molecule has 0 spiro atoms. The van der Waals surface area contributed by atoms with E-state index in [4.69, 9.17) is 4.74 Å². The molecule has 2 heteroatoms. The van der Waals surface area contributed by atoms with Gasteiger partial charge >= 0.3 is 0 Å². The molecule has 0 aliphatic carbocycles. The van der Waals surface area contributed by atoms with Gasteiger partial charge in [0.2, 0.25) is 0 Å². The lowest BCUT2D eigenvalue weighted by molar-refractivity contribution is 0.312. The van der Waals surface area contributed by atoms with E-state index in [0.29, 0.717) is 0 Å². The highest BCUT2D eigenvalue weighted by atomic mass is 32.1. The van der Waals surface area contributed by atoms with Gasteiger partial charge in [-0.25, -0.2) is 0 Å². The van der Waals surface area contributed by atoms with E-state index >= 15 is 0 Å². The van der Waals surface area contributed by atoms with Gasteiger partial charge in [-0.3, -0.25) is 0 Å². The van der Waals surface area contributed by atoms with E-state index in [2.05, 4.69) is 159 Å². The van der Waals surface area contributed by atoms with Gasteiger partial charge in [0.15, 0.2) is 0 Å². The van der Waals surface area contributed by atoms with Crippen molar-refractivity contribution in [3.8, 4) is 28.0 Å². The Hall–Kier alpha value is -5.70. The number of ether oxygens (including phenoxy) is 1. The number of fused-ring (bicyclic) bond motifs is 9. The Labute approximate surface area is 307 Å². The number of unbranched alkanes of at least 4 members (excludes halogenated alkanes) is 3. The van der Waals surface area contributed by atoms with Gasteiger partial charge in [0.1, 0.15) is 5.75 Å². The second-order valence-electron chi connectivity index (χ2n) is 14.0. The summed E-state index contributed by atoms with van der Waals surface area (Å²) in [4.78, 5) is 0. The summed E-state index contributed by atoms with van der Waals surface area (Å²) < 4.78 is 9.39. The van der Waals surface area contributed by atoms with Crippen LogP contribution in [0.5, 0.6) is 5.75 Å². The monoisotopic (exact) mass is 686 g/mol. The van der Waals surface area contributed by atoms with Gasteiger partial charge in [-0.05, 0) is 72.3 Å². The summed E-state index contributed by atoms with van der Waals surface area (Å²) in [6, 6.07) is 56.2. The highest BCUT2D eigenvalue weighted by molar-refractivity contribution is 7.26. The van der Waals surface area contributed by atoms with Crippen LogP contribution in [0.3, 0.4) is 0 Å². The third-order valence-electron chi connectivity index (χ3n) is 11.0. The van der Waals surface area contributed by atoms with Crippen LogP contribution in [-0.2, 0) is 0 Å². The van der Waals surface area contributed by atoms with E-state index in [-0.39, 0.29) is 0 Å². The minimum Gasteiger partial charge on any atom is -0.492 e. The lowest BCUT2D eigenvalue weighted by atomic mass is 9.82. The first kappa shape index (κ1) is 31.1. The van der Waals surface area contributed by atoms with Crippen LogP contribution in [-0.4, -0.2) is 6.61 Å². The fourth-order valence-corrected chi connectivity index (χ4v) is 9.91. The molecular formula is C50H38OS. The predicted molar refractivity (Wildman–Crippen MR) is 227 cm³/mol. The predicted octanol–water partition coefficient (Wildman–Crippen LogP) is 15.1. The maximum Gasteiger partial charge on any atom is 0.134 e. The maximum atomic E-state index is 6.72. The molecule has 1 aromatic heterocycles. The normalized spacial score (nSPS) is 11.9. The first-order chi connectivity index (χ1) is 25.8. The average Bonchev–Trinajstić information content (AvgIpc) is 3.60. The Morgan fingerprint density at radius 3 is 1.52 bits per heavy atom. The maximum absolute atomic E-state index is 6.72. The molecule has 0 aliphatic rings. The summed E-state index contributed by atoms with van der Waals surface area (Å²) in [5.41, 5.74) is 5.15. The Kier molecular flexibility index (Phi) is 7.65. The van der Waals surface area contributed by atoms with Crippen LogP contribution in [0.1, 0.15) is 32.6 Å². The van der Waals surface area contributed by atoms with Crippen LogP contribution < -0.4 is 4.74 Å². The molecule has 0 N–H and O–H groups in total. The molecule has 0 amide bonds. The fraction of sp³-hybridized carbons (Fsp3) is 0.120. The van der Waals surface area contributed by atoms with E-state index in [1.165, 1.54) is 116 Å². The van der Waals surface area contributed by atoms with Crippen molar-refractivity contribution in [1.29, 1.82) is 0 Å². The first-order valence-corrected chi connectivity index (χ1v) is 19.5. The Morgan fingerprint density at radius 1 is 0.423 bits per heavy atom. The molecule has 0 aliphatic heterocycles. The molecular weight excluding hydrogens is 649 g/mol.